The molecule has 2 heterocycles. The number of aliphatic hydroxyl groups excluding tert-OH is 7. The zero-order valence-corrected chi connectivity index (χ0v) is 11.7. The Kier molecular flexibility index (Phi) is 5.41. The number of esters is 1. The lowest BCUT2D eigenvalue weighted by Gasteiger charge is -2.39. The molecule has 0 spiro atoms. The van der Waals surface area contributed by atoms with Crippen molar-refractivity contribution in [1.29, 1.82) is 0 Å². The van der Waals surface area contributed by atoms with E-state index in [0.29, 0.717) is 0 Å². The molecular formula is C12H18O11. The number of aliphatic hydroxyl groups is 7. The molecule has 0 aromatic carbocycles. The quantitative estimate of drug-likeness (QED) is 0.246. The summed E-state index contributed by atoms with van der Waals surface area (Å²) >= 11 is 0. The van der Waals surface area contributed by atoms with Crippen molar-refractivity contribution >= 4 is 5.97 Å². The van der Waals surface area contributed by atoms with Crippen LogP contribution >= 0.6 is 0 Å². The molecule has 0 bridgehead atoms. The molecule has 0 aromatic rings. The van der Waals surface area contributed by atoms with Crippen molar-refractivity contribution in [2.45, 2.75) is 42.9 Å². The summed E-state index contributed by atoms with van der Waals surface area (Å²) in [6.45, 7) is -1.26. The van der Waals surface area contributed by atoms with Crippen LogP contribution < -0.4 is 0 Å². The topological polar surface area (TPSA) is 186 Å². The van der Waals surface area contributed by atoms with Crippen LogP contribution in [0.4, 0.5) is 0 Å². The average Bonchev–Trinajstić information content (AvgIpc) is 2.79. The molecule has 0 aromatic heterocycles. The molecule has 7 N–H and O–H groups in total. The second-order valence-corrected chi connectivity index (χ2v) is 5.16. The Hall–Kier alpha value is -1.47. The Morgan fingerprint density at radius 2 is 1.78 bits per heavy atom. The van der Waals surface area contributed by atoms with Crippen molar-refractivity contribution in [2.24, 2.45) is 0 Å². The van der Waals surface area contributed by atoms with Crippen LogP contribution in [0.2, 0.25) is 0 Å². The van der Waals surface area contributed by atoms with Gasteiger partial charge < -0.3 is 50.0 Å². The predicted octanol–water partition coefficient (Wildman–Crippen LogP) is -3.58. The fourth-order valence-electron chi connectivity index (χ4n) is 2.21. The van der Waals surface area contributed by atoms with Gasteiger partial charge in [-0.3, -0.25) is 0 Å². The highest BCUT2D eigenvalue weighted by Gasteiger charge is 2.45. The van der Waals surface area contributed by atoms with Gasteiger partial charge >= 0.3 is 5.97 Å². The third-order valence-electron chi connectivity index (χ3n) is 3.57. The van der Waals surface area contributed by atoms with E-state index in [2.05, 4.69) is 4.74 Å². The Morgan fingerprint density at radius 3 is 2.30 bits per heavy atom. The van der Waals surface area contributed by atoms with Gasteiger partial charge in [0.2, 0.25) is 5.76 Å². The van der Waals surface area contributed by atoms with E-state index in [-0.39, 0.29) is 0 Å². The molecule has 0 aliphatic carbocycles. The monoisotopic (exact) mass is 338 g/mol. The third-order valence-corrected chi connectivity index (χ3v) is 3.57. The normalized spacial score (nSPS) is 39.4. The van der Waals surface area contributed by atoms with Crippen LogP contribution in [0.5, 0.6) is 0 Å². The molecule has 2 rings (SSSR count). The summed E-state index contributed by atoms with van der Waals surface area (Å²) < 4.78 is 14.6. The van der Waals surface area contributed by atoms with Crippen LogP contribution in [0.25, 0.3) is 0 Å². The van der Waals surface area contributed by atoms with Gasteiger partial charge in [-0.15, -0.1) is 0 Å². The molecule has 0 amide bonds. The first-order valence-corrected chi connectivity index (χ1v) is 6.71. The highest BCUT2D eigenvalue weighted by atomic mass is 16.7. The van der Waals surface area contributed by atoms with Crippen LogP contribution in [0.15, 0.2) is 11.5 Å². The zero-order chi connectivity index (χ0) is 17.3. The van der Waals surface area contributed by atoms with Crippen molar-refractivity contribution in [3.63, 3.8) is 0 Å². The molecule has 7 atom stereocenters. The van der Waals surface area contributed by atoms with E-state index in [9.17, 15) is 30.3 Å². The summed E-state index contributed by atoms with van der Waals surface area (Å²) in [5.41, 5.74) is 0. The summed E-state index contributed by atoms with van der Waals surface area (Å²) in [4.78, 5) is 11.0. The second kappa shape index (κ2) is 6.97. The van der Waals surface area contributed by atoms with E-state index in [1.165, 1.54) is 0 Å². The lowest BCUT2D eigenvalue weighted by molar-refractivity contribution is -0.305. The maximum absolute atomic E-state index is 11.0. The molecule has 2 aliphatic rings. The Morgan fingerprint density at radius 1 is 1.13 bits per heavy atom. The van der Waals surface area contributed by atoms with Gasteiger partial charge in [0, 0.05) is 0 Å². The molecule has 1 saturated heterocycles. The minimum Gasteiger partial charge on any atom is -0.505 e. The lowest BCUT2D eigenvalue weighted by atomic mass is 9.99. The Labute approximate surface area is 129 Å². The van der Waals surface area contributed by atoms with Gasteiger partial charge in [0.15, 0.2) is 18.2 Å². The van der Waals surface area contributed by atoms with Crippen LogP contribution in [-0.4, -0.2) is 97.8 Å². The molecule has 132 valence electrons. The van der Waals surface area contributed by atoms with Gasteiger partial charge in [0.25, 0.3) is 0 Å². The molecule has 11 heteroatoms. The first-order valence-electron chi connectivity index (χ1n) is 6.71. The fraction of sp³-hybridized carbons (Fsp3) is 0.750. The number of rotatable bonds is 5. The highest BCUT2D eigenvalue weighted by Crippen LogP contribution is 2.24. The van der Waals surface area contributed by atoms with Crippen molar-refractivity contribution in [2.75, 3.05) is 13.2 Å². The Bertz CT molecular complexity index is 476. The summed E-state index contributed by atoms with van der Waals surface area (Å²) in [6, 6.07) is 0. The third kappa shape index (κ3) is 3.40. The van der Waals surface area contributed by atoms with Crippen molar-refractivity contribution in [3.8, 4) is 0 Å². The van der Waals surface area contributed by atoms with Crippen molar-refractivity contribution in [1.82, 2.24) is 0 Å². The molecule has 1 unspecified atom stereocenters. The number of carbonyl (C=O) groups excluding carboxylic acids is 1. The lowest BCUT2D eigenvalue weighted by Crippen LogP contribution is -2.59. The van der Waals surface area contributed by atoms with E-state index >= 15 is 0 Å². The SMILES string of the molecule is O=C1O[C@H](C(O)CO[C@H]2O[C@H](CO)[C@@H](O)[C@H](O)[C@H]2O)C(O)=C1O. The molecule has 23 heavy (non-hydrogen) atoms. The molecule has 11 nitrogen and oxygen atoms in total. The molecule has 1 fully saturated rings. The highest BCUT2D eigenvalue weighted by molar-refractivity contribution is 5.89. The summed E-state index contributed by atoms with van der Waals surface area (Å²) in [5, 5.41) is 66.3. The first kappa shape index (κ1) is 17.9. The van der Waals surface area contributed by atoms with Gasteiger partial charge in [0.05, 0.1) is 13.2 Å². The standard InChI is InChI=1S/C12H18O11/c13-1-4-5(15)6(16)9(19)12(22-4)21-2-3(14)10-7(17)8(18)11(20)23-10/h3-6,9-10,12-19H,1-2H2/t3?,4-,5-,6+,9-,10-,12+/m1/s1. The van der Waals surface area contributed by atoms with E-state index in [1.54, 1.807) is 0 Å². The van der Waals surface area contributed by atoms with Gasteiger partial charge in [-0.05, 0) is 0 Å². The summed E-state index contributed by atoms with van der Waals surface area (Å²) in [6.07, 6.45) is -10.7. The zero-order valence-electron chi connectivity index (χ0n) is 11.7. The van der Waals surface area contributed by atoms with Crippen molar-refractivity contribution in [3.05, 3.63) is 11.5 Å². The second-order valence-electron chi connectivity index (χ2n) is 5.16. The van der Waals surface area contributed by atoms with E-state index in [0.717, 1.165) is 0 Å². The van der Waals surface area contributed by atoms with Gasteiger partial charge in [0.1, 0.15) is 30.5 Å². The molecule has 0 saturated carbocycles. The van der Waals surface area contributed by atoms with E-state index in [1.807, 2.05) is 0 Å². The predicted molar refractivity (Wildman–Crippen MR) is 67.9 cm³/mol. The van der Waals surface area contributed by atoms with Gasteiger partial charge in [-0.2, -0.15) is 0 Å². The minimum absolute atomic E-state index is 0.613. The minimum atomic E-state index is -1.66. The number of hydrogen-bond acceptors (Lipinski definition) is 11. The summed E-state index contributed by atoms with van der Waals surface area (Å²) in [5.74, 6) is -3.10. The van der Waals surface area contributed by atoms with Crippen molar-refractivity contribution < 1.29 is 54.8 Å². The van der Waals surface area contributed by atoms with Crippen LogP contribution in [0.1, 0.15) is 0 Å². The first-order chi connectivity index (χ1) is 10.8. The van der Waals surface area contributed by atoms with Gasteiger partial charge in [-0.25, -0.2) is 4.79 Å². The number of hydrogen-bond donors (Lipinski definition) is 7. The van der Waals surface area contributed by atoms with E-state index in [4.69, 9.17) is 19.7 Å². The fourth-order valence-corrected chi connectivity index (χ4v) is 2.21. The average molecular weight is 338 g/mol. The maximum Gasteiger partial charge on any atom is 0.377 e. The molecule has 2 aliphatic heterocycles. The number of ether oxygens (including phenoxy) is 3. The smallest absolute Gasteiger partial charge is 0.377 e. The number of carbonyl (C=O) groups is 1. The summed E-state index contributed by atoms with van der Waals surface area (Å²) in [7, 11) is 0. The van der Waals surface area contributed by atoms with Crippen LogP contribution in [0, 0.1) is 0 Å². The maximum atomic E-state index is 11.0. The number of cyclic esters (lactones) is 1. The molecular weight excluding hydrogens is 320 g/mol. The Balaban J connectivity index is 1.94. The van der Waals surface area contributed by atoms with Crippen LogP contribution in [-0.2, 0) is 19.0 Å². The largest absolute Gasteiger partial charge is 0.505 e. The van der Waals surface area contributed by atoms with Crippen LogP contribution in [0.3, 0.4) is 0 Å². The van der Waals surface area contributed by atoms with E-state index < -0.39 is 73.6 Å². The molecule has 0 radical (unpaired) electrons. The van der Waals surface area contributed by atoms with Gasteiger partial charge in [-0.1, -0.05) is 0 Å².